The highest BCUT2D eigenvalue weighted by Gasteiger charge is 2.54. The number of methoxy groups -OCH3 is 1. The van der Waals surface area contributed by atoms with Crippen molar-refractivity contribution in [3.8, 4) is 5.75 Å². The summed E-state index contributed by atoms with van der Waals surface area (Å²) in [4.78, 5) is 15.7. The van der Waals surface area contributed by atoms with Crippen LogP contribution in [0.2, 0.25) is 0 Å². The minimum Gasteiger partial charge on any atom is -0.497 e. The zero-order valence-electron chi connectivity index (χ0n) is 19.3. The number of hydrogen-bond acceptors (Lipinski definition) is 3. The highest BCUT2D eigenvalue weighted by Crippen LogP contribution is 2.60. The molecule has 1 heterocycles. The van der Waals surface area contributed by atoms with Crippen LogP contribution in [-0.4, -0.2) is 44.1 Å². The van der Waals surface area contributed by atoms with E-state index in [0.29, 0.717) is 5.91 Å². The van der Waals surface area contributed by atoms with E-state index in [1.807, 2.05) is 0 Å². The monoisotopic (exact) mass is 424 g/mol. The molecule has 31 heavy (non-hydrogen) atoms. The Bertz CT molecular complexity index is 716. The lowest BCUT2D eigenvalue weighted by Gasteiger charge is -2.55. The quantitative estimate of drug-likeness (QED) is 0.659. The van der Waals surface area contributed by atoms with E-state index in [4.69, 9.17) is 4.74 Å². The molecule has 1 aromatic carbocycles. The summed E-state index contributed by atoms with van der Waals surface area (Å²) in [6.45, 7) is 4.21. The van der Waals surface area contributed by atoms with Crippen LogP contribution in [0, 0.1) is 29.1 Å². The van der Waals surface area contributed by atoms with Gasteiger partial charge in [-0.15, -0.1) is 0 Å². The summed E-state index contributed by atoms with van der Waals surface area (Å²) < 4.78 is 5.25. The second-order valence-corrected chi connectivity index (χ2v) is 11.1. The molecule has 1 aliphatic heterocycles. The number of likely N-dealkylation sites (tertiary alicyclic amines) is 1. The molecule has 1 saturated heterocycles. The maximum Gasteiger partial charge on any atom is 0.226 e. The second kappa shape index (κ2) is 9.13. The van der Waals surface area contributed by atoms with Crippen LogP contribution in [0.5, 0.6) is 5.75 Å². The number of aryl methyl sites for hydroxylation is 1. The van der Waals surface area contributed by atoms with Gasteiger partial charge in [-0.25, -0.2) is 0 Å². The van der Waals surface area contributed by atoms with Gasteiger partial charge in [0, 0.05) is 18.5 Å². The molecule has 5 aliphatic rings. The Morgan fingerprint density at radius 1 is 1.03 bits per heavy atom. The van der Waals surface area contributed by atoms with Crippen molar-refractivity contribution in [1.29, 1.82) is 0 Å². The van der Waals surface area contributed by atoms with Gasteiger partial charge in [0.1, 0.15) is 5.75 Å². The standard InChI is InChI=1S/C27H40N2O2/c1-31-25-6-4-20(5-7-25)2-3-21-8-11-29(12-9-21)13-10-28-26(30)27-17-22-14-23(18-27)16-24(15-22)19-27/h4-7,21-24H,2-3,8-19H2,1H3,(H,28,30). The van der Waals surface area contributed by atoms with Gasteiger partial charge in [0.05, 0.1) is 7.11 Å². The molecule has 170 valence electrons. The van der Waals surface area contributed by atoms with Crippen LogP contribution in [0.15, 0.2) is 24.3 Å². The van der Waals surface area contributed by atoms with Gasteiger partial charge in [0.2, 0.25) is 5.91 Å². The Morgan fingerprint density at radius 3 is 2.23 bits per heavy atom. The number of carbonyl (C=O) groups is 1. The topological polar surface area (TPSA) is 41.6 Å². The summed E-state index contributed by atoms with van der Waals surface area (Å²) in [5.41, 5.74) is 1.42. The van der Waals surface area contributed by atoms with E-state index in [0.717, 1.165) is 48.9 Å². The molecule has 4 saturated carbocycles. The van der Waals surface area contributed by atoms with E-state index in [2.05, 4.69) is 34.5 Å². The Hall–Kier alpha value is -1.55. The fourth-order valence-electron chi connectivity index (χ4n) is 7.57. The number of nitrogens with one attached hydrogen (secondary N) is 1. The number of ether oxygens (including phenoxy) is 1. The molecule has 4 nitrogen and oxygen atoms in total. The maximum absolute atomic E-state index is 13.1. The number of piperidine rings is 1. The van der Waals surface area contributed by atoms with Crippen LogP contribution in [0.25, 0.3) is 0 Å². The summed E-state index contributed by atoms with van der Waals surface area (Å²) in [5, 5.41) is 3.36. The summed E-state index contributed by atoms with van der Waals surface area (Å²) >= 11 is 0. The Balaban J connectivity index is 1.00. The van der Waals surface area contributed by atoms with Crippen molar-refractivity contribution < 1.29 is 9.53 Å². The van der Waals surface area contributed by atoms with Crippen molar-refractivity contribution in [2.24, 2.45) is 29.1 Å². The Morgan fingerprint density at radius 2 is 1.65 bits per heavy atom. The van der Waals surface area contributed by atoms with Crippen molar-refractivity contribution in [1.82, 2.24) is 10.2 Å². The molecule has 1 N–H and O–H groups in total. The van der Waals surface area contributed by atoms with E-state index in [1.165, 1.54) is 76.4 Å². The average molecular weight is 425 g/mol. The number of benzene rings is 1. The van der Waals surface area contributed by atoms with Gasteiger partial charge in [-0.1, -0.05) is 12.1 Å². The number of hydrogen-bond donors (Lipinski definition) is 1. The molecule has 0 atom stereocenters. The van der Waals surface area contributed by atoms with Crippen LogP contribution in [0.4, 0.5) is 0 Å². The predicted molar refractivity (Wildman–Crippen MR) is 124 cm³/mol. The van der Waals surface area contributed by atoms with Crippen molar-refractivity contribution in [2.75, 3.05) is 33.3 Å². The van der Waals surface area contributed by atoms with Crippen molar-refractivity contribution >= 4 is 5.91 Å². The summed E-state index contributed by atoms with van der Waals surface area (Å²) in [5.74, 6) is 4.69. The first-order valence-corrected chi connectivity index (χ1v) is 12.8. The molecule has 1 amide bonds. The van der Waals surface area contributed by atoms with E-state index < -0.39 is 0 Å². The van der Waals surface area contributed by atoms with Gasteiger partial charge in [0.15, 0.2) is 0 Å². The predicted octanol–water partition coefficient (Wildman–Crippen LogP) is 4.67. The van der Waals surface area contributed by atoms with Crippen LogP contribution in [0.1, 0.15) is 63.4 Å². The molecule has 0 radical (unpaired) electrons. The van der Waals surface area contributed by atoms with E-state index in [9.17, 15) is 4.79 Å². The molecule has 4 aliphatic carbocycles. The molecule has 0 unspecified atom stereocenters. The molecular formula is C27H40N2O2. The number of carbonyl (C=O) groups excluding carboxylic acids is 1. The Kier molecular flexibility index (Phi) is 6.28. The molecule has 5 fully saturated rings. The molecule has 0 spiro atoms. The first-order valence-electron chi connectivity index (χ1n) is 12.8. The maximum atomic E-state index is 13.1. The Labute approximate surface area is 188 Å². The van der Waals surface area contributed by atoms with Gasteiger partial charge in [-0.05, 0) is 119 Å². The lowest BCUT2D eigenvalue weighted by molar-refractivity contribution is -0.146. The summed E-state index contributed by atoms with van der Waals surface area (Å²) in [6, 6.07) is 8.52. The van der Waals surface area contributed by atoms with Crippen LogP contribution in [0.3, 0.4) is 0 Å². The third kappa shape index (κ3) is 4.79. The van der Waals surface area contributed by atoms with Gasteiger partial charge >= 0.3 is 0 Å². The second-order valence-electron chi connectivity index (χ2n) is 11.1. The molecular weight excluding hydrogens is 384 g/mol. The number of rotatable bonds is 8. The smallest absolute Gasteiger partial charge is 0.226 e. The third-order valence-electron chi connectivity index (χ3n) is 8.94. The lowest BCUT2D eigenvalue weighted by atomic mass is 9.49. The zero-order valence-corrected chi connectivity index (χ0v) is 19.3. The van der Waals surface area contributed by atoms with Crippen molar-refractivity contribution in [3.63, 3.8) is 0 Å². The first kappa shape index (κ1) is 21.3. The van der Waals surface area contributed by atoms with Gasteiger partial charge in [-0.3, -0.25) is 4.79 Å². The molecule has 6 rings (SSSR count). The van der Waals surface area contributed by atoms with Crippen LogP contribution >= 0.6 is 0 Å². The van der Waals surface area contributed by atoms with Gasteiger partial charge < -0.3 is 15.0 Å². The average Bonchev–Trinajstić information content (AvgIpc) is 2.78. The SMILES string of the molecule is COc1ccc(CCC2CCN(CCNC(=O)C34CC5CC(CC(C5)C3)C4)CC2)cc1. The van der Waals surface area contributed by atoms with E-state index in [-0.39, 0.29) is 5.41 Å². The van der Waals surface area contributed by atoms with Crippen LogP contribution in [-0.2, 0) is 11.2 Å². The fourth-order valence-corrected chi connectivity index (χ4v) is 7.57. The molecule has 1 aromatic rings. The fraction of sp³-hybridized carbons (Fsp3) is 0.741. The molecule has 4 bridgehead atoms. The number of amides is 1. The zero-order chi connectivity index (χ0) is 21.3. The highest BCUT2D eigenvalue weighted by atomic mass is 16.5. The van der Waals surface area contributed by atoms with Crippen LogP contribution < -0.4 is 10.1 Å². The summed E-state index contributed by atoms with van der Waals surface area (Å²) in [7, 11) is 1.72. The molecule has 0 aromatic heterocycles. The minimum atomic E-state index is 0.00317. The minimum absolute atomic E-state index is 0.00317. The van der Waals surface area contributed by atoms with Gasteiger partial charge in [0.25, 0.3) is 0 Å². The largest absolute Gasteiger partial charge is 0.497 e. The normalized spacial score (nSPS) is 32.9. The molecule has 4 heteroatoms. The van der Waals surface area contributed by atoms with Gasteiger partial charge in [-0.2, -0.15) is 0 Å². The van der Waals surface area contributed by atoms with Crippen molar-refractivity contribution in [2.45, 2.75) is 64.2 Å². The number of nitrogens with zero attached hydrogens (tertiary/aromatic N) is 1. The highest BCUT2D eigenvalue weighted by molar-refractivity contribution is 5.83. The van der Waals surface area contributed by atoms with Crippen molar-refractivity contribution in [3.05, 3.63) is 29.8 Å². The summed E-state index contributed by atoms with van der Waals surface area (Å²) in [6.07, 6.45) is 12.7. The third-order valence-corrected chi connectivity index (χ3v) is 8.94. The van der Waals surface area contributed by atoms with E-state index in [1.54, 1.807) is 7.11 Å². The lowest BCUT2D eigenvalue weighted by Crippen LogP contribution is -2.54. The first-order chi connectivity index (χ1) is 15.1. The van der Waals surface area contributed by atoms with E-state index >= 15 is 0 Å².